The summed E-state index contributed by atoms with van der Waals surface area (Å²) in [7, 11) is 0. The third-order valence-corrected chi connectivity index (χ3v) is 2.63. The van der Waals surface area contributed by atoms with Gasteiger partial charge in [-0.05, 0) is 45.4 Å². The highest BCUT2D eigenvalue weighted by molar-refractivity contribution is 5.28. The Bertz CT molecular complexity index is 212. The van der Waals surface area contributed by atoms with E-state index in [1.54, 1.807) is 0 Å². The molecule has 0 aromatic heterocycles. The van der Waals surface area contributed by atoms with E-state index in [0.717, 1.165) is 31.5 Å². The molecule has 0 atom stereocenters. The van der Waals surface area contributed by atoms with Gasteiger partial charge in [0, 0.05) is 0 Å². The van der Waals surface area contributed by atoms with Gasteiger partial charge in [-0.2, -0.15) is 0 Å². The van der Waals surface area contributed by atoms with Crippen LogP contribution in [0.15, 0.2) is 23.8 Å². The Morgan fingerprint density at radius 1 is 1.31 bits per heavy atom. The number of rotatable bonds is 2. The van der Waals surface area contributed by atoms with Crippen molar-refractivity contribution in [1.82, 2.24) is 5.32 Å². The summed E-state index contributed by atoms with van der Waals surface area (Å²) in [5.41, 5.74) is 0.462. The number of nitrogens with one attached hydrogen (secondary N) is 1. The van der Waals surface area contributed by atoms with Crippen LogP contribution in [0, 0.1) is 0 Å². The van der Waals surface area contributed by atoms with E-state index in [9.17, 15) is 5.11 Å². The van der Waals surface area contributed by atoms with Gasteiger partial charge in [-0.15, -0.1) is 0 Å². The van der Waals surface area contributed by atoms with E-state index >= 15 is 0 Å². The maximum absolute atomic E-state index is 10.3. The molecule has 1 aliphatic heterocycles. The summed E-state index contributed by atoms with van der Waals surface area (Å²) in [6.45, 7) is 5.78. The van der Waals surface area contributed by atoms with Crippen molar-refractivity contribution in [2.45, 2.75) is 32.3 Å². The second kappa shape index (κ2) is 4.58. The summed E-state index contributed by atoms with van der Waals surface area (Å²) in [5.74, 6) is 0. The number of hydrogen-bond acceptors (Lipinski definition) is 2. The zero-order valence-corrected chi connectivity index (χ0v) is 8.51. The lowest BCUT2D eigenvalue weighted by atomic mass is 9.84. The molecule has 0 unspecified atom stereocenters. The fourth-order valence-electron chi connectivity index (χ4n) is 1.83. The summed E-state index contributed by atoms with van der Waals surface area (Å²) in [6.07, 6.45) is 7.63. The van der Waals surface area contributed by atoms with Crippen LogP contribution in [0.25, 0.3) is 0 Å². The summed E-state index contributed by atoms with van der Waals surface area (Å²) in [4.78, 5) is 0. The lowest BCUT2D eigenvalue weighted by molar-refractivity contribution is 0.0495. The summed E-state index contributed by atoms with van der Waals surface area (Å²) in [5, 5.41) is 13.6. The average Bonchev–Trinajstić information content (AvgIpc) is 2.15. The van der Waals surface area contributed by atoms with Crippen LogP contribution in [0.1, 0.15) is 26.7 Å². The zero-order chi connectivity index (χ0) is 9.73. The van der Waals surface area contributed by atoms with E-state index in [1.165, 1.54) is 0 Å². The monoisotopic (exact) mass is 181 g/mol. The van der Waals surface area contributed by atoms with Crippen LogP contribution in [-0.2, 0) is 0 Å². The van der Waals surface area contributed by atoms with Crippen LogP contribution in [0.2, 0.25) is 0 Å². The Hall–Kier alpha value is -0.600. The fourth-order valence-corrected chi connectivity index (χ4v) is 1.83. The standard InChI is InChI=1S/C11H19NO/c1-3-5-10(4-2)11(13)6-8-12-9-7-11/h3-5,12-13H,6-9H2,1-2H3/b5-3-,10-4+. The molecule has 2 heteroatoms. The van der Waals surface area contributed by atoms with E-state index in [4.69, 9.17) is 0 Å². The van der Waals surface area contributed by atoms with Crippen LogP contribution in [0.4, 0.5) is 0 Å². The quantitative estimate of drug-likeness (QED) is 0.634. The van der Waals surface area contributed by atoms with E-state index < -0.39 is 5.60 Å². The molecule has 13 heavy (non-hydrogen) atoms. The van der Waals surface area contributed by atoms with E-state index in [-0.39, 0.29) is 0 Å². The van der Waals surface area contributed by atoms with Crippen LogP contribution < -0.4 is 5.32 Å². The maximum atomic E-state index is 10.3. The molecule has 0 amide bonds. The Morgan fingerprint density at radius 2 is 1.92 bits per heavy atom. The van der Waals surface area contributed by atoms with Gasteiger partial charge in [-0.25, -0.2) is 0 Å². The van der Waals surface area contributed by atoms with Crippen molar-refractivity contribution < 1.29 is 5.11 Å². The number of allylic oxidation sites excluding steroid dienone is 2. The molecule has 0 radical (unpaired) electrons. The van der Waals surface area contributed by atoms with Crippen molar-refractivity contribution in [2.75, 3.05) is 13.1 Å². The molecule has 0 aromatic carbocycles. The Morgan fingerprint density at radius 3 is 2.38 bits per heavy atom. The predicted octanol–water partition coefficient (Wildman–Crippen LogP) is 1.62. The van der Waals surface area contributed by atoms with Crippen LogP contribution >= 0.6 is 0 Å². The average molecular weight is 181 g/mol. The first-order chi connectivity index (χ1) is 6.23. The molecule has 0 bridgehead atoms. The SMILES string of the molecule is C/C=C\C(=C/C)C1(O)CCNCC1. The van der Waals surface area contributed by atoms with Gasteiger partial charge in [0.05, 0.1) is 5.60 Å². The number of hydrogen-bond donors (Lipinski definition) is 2. The Labute approximate surface area is 80.3 Å². The molecule has 2 N–H and O–H groups in total. The second-order valence-electron chi connectivity index (χ2n) is 3.53. The first-order valence-corrected chi connectivity index (χ1v) is 4.95. The molecule has 0 spiro atoms. The van der Waals surface area contributed by atoms with Gasteiger partial charge in [0.1, 0.15) is 0 Å². The van der Waals surface area contributed by atoms with Gasteiger partial charge in [-0.3, -0.25) is 0 Å². The topological polar surface area (TPSA) is 32.3 Å². The minimum atomic E-state index is -0.591. The largest absolute Gasteiger partial charge is 0.385 e. The maximum Gasteiger partial charge on any atom is 0.0917 e. The van der Waals surface area contributed by atoms with Crippen molar-refractivity contribution in [3.05, 3.63) is 23.8 Å². The molecule has 1 heterocycles. The number of piperidine rings is 1. The van der Waals surface area contributed by atoms with Crippen molar-refractivity contribution in [3.63, 3.8) is 0 Å². The highest BCUT2D eigenvalue weighted by Crippen LogP contribution is 2.27. The minimum Gasteiger partial charge on any atom is -0.385 e. The second-order valence-corrected chi connectivity index (χ2v) is 3.53. The highest BCUT2D eigenvalue weighted by atomic mass is 16.3. The molecular weight excluding hydrogens is 162 g/mol. The molecule has 1 rings (SSSR count). The van der Waals surface area contributed by atoms with Crippen molar-refractivity contribution in [3.8, 4) is 0 Å². The number of aliphatic hydroxyl groups is 1. The van der Waals surface area contributed by atoms with Gasteiger partial charge in [0.15, 0.2) is 0 Å². The third-order valence-electron chi connectivity index (χ3n) is 2.63. The molecular formula is C11H19NO. The normalized spacial score (nSPS) is 23.8. The van der Waals surface area contributed by atoms with Crippen LogP contribution in [-0.4, -0.2) is 23.8 Å². The predicted molar refractivity (Wildman–Crippen MR) is 55.6 cm³/mol. The molecule has 1 saturated heterocycles. The van der Waals surface area contributed by atoms with Gasteiger partial charge in [0.25, 0.3) is 0 Å². The summed E-state index contributed by atoms with van der Waals surface area (Å²) in [6, 6.07) is 0. The fraction of sp³-hybridized carbons (Fsp3) is 0.636. The molecule has 1 fully saturated rings. The lowest BCUT2D eigenvalue weighted by Gasteiger charge is -2.33. The van der Waals surface area contributed by atoms with Gasteiger partial charge in [0.2, 0.25) is 0 Å². The lowest BCUT2D eigenvalue weighted by Crippen LogP contribution is -2.42. The van der Waals surface area contributed by atoms with Crippen molar-refractivity contribution >= 4 is 0 Å². The highest BCUT2D eigenvalue weighted by Gasteiger charge is 2.31. The van der Waals surface area contributed by atoms with E-state index in [1.807, 2.05) is 32.1 Å². The zero-order valence-electron chi connectivity index (χ0n) is 8.51. The van der Waals surface area contributed by atoms with Crippen molar-refractivity contribution in [2.24, 2.45) is 0 Å². The van der Waals surface area contributed by atoms with Gasteiger partial charge in [-0.1, -0.05) is 18.2 Å². The van der Waals surface area contributed by atoms with Crippen LogP contribution in [0.3, 0.4) is 0 Å². The van der Waals surface area contributed by atoms with Crippen LogP contribution in [0.5, 0.6) is 0 Å². The van der Waals surface area contributed by atoms with Gasteiger partial charge >= 0.3 is 0 Å². The molecule has 0 aromatic rings. The molecule has 2 nitrogen and oxygen atoms in total. The smallest absolute Gasteiger partial charge is 0.0917 e. The van der Waals surface area contributed by atoms with Gasteiger partial charge < -0.3 is 10.4 Å². The molecule has 74 valence electrons. The summed E-state index contributed by atoms with van der Waals surface area (Å²) < 4.78 is 0. The first kappa shape index (κ1) is 10.5. The van der Waals surface area contributed by atoms with E-state index in [2.05, 4.69) is 5.32 Å². The van der Waals surface area contributed by atoms with E-state index in [0.29, 0.717) is 0 Å². The Kier molecular flexibility index (Phi) is 3.70. The van der Waals surface area contributed by atoms with Crippen molar-refractivity contribution in [1.29, 1.82) is 0 Å². The summed E-state index contributed by atoms with van der Waals surface area (Å²) >= 11 is 0. The molecule has 0 aliphatic carbocycles. The minimum absolute atomic E-state index is 0.591. The molecule has 0 saturated carbocycles. The third kappa shape index (κ3) is 2.42. The molecule has 1 aliphatic rings. The first-order valence-electron chi connectivity index (χ1n) is 4.95. The Balaban J connectivity index is 2.75.